The number of amides is 1. The van der Waals surface area contributed by atoms with Crippen molar-refractivity contribution in [2.24, 2.45) is 5.92 Å². The predicted octanol–water partition coefficient (Wildman–Crippen LogP) is 2.58. The van der Waals surface area contributed by atoms with Crippen molar-refractivity contribution in [2.45, 2.75) is 26.2 Å². The highest BCUT2D eigenvalue weighted by atomic mass is 16.1. The van der Waals surface area contributed by atoms with Crippen LogP contribution < -0.4 is 10.6 Å². The molecular weight excluding hydrogens is 262 g/mol. The number of rotatable bonds is 6. The van der Waals surface area contributed by atoms with Crippen LogP contribution in [0.2, 0.25) is 0 Å². The van der Waals surface area contributed by atoms with E-state index in [9.17, 15) is 4.79 Å². The summed E-state index contributed by atoms with van der Waals surface area (Å²) in [4.78, 5) is 14.4. The largest absolute Gasteiger partial charge is 0.385 e. The molecule has 1 amide bonds. The van der Waals surface area contributed by atoms with Crippen LogP contribution in [0.3, 0.4) is 0 Å². The highest BCUT2D eigenvalue weighted by Gasteiger charge is 2.16. The number of piperidine rings is 1. The molecule has 1 aliphatic heterocycles. The highest BCUT2D eigenvalue weighted by molar-refractivity contribution is 5.94. The van der Waals surface area contributed by atoms with Crippen LogP contribution in [0.25, 0.3) is 0 Å². The van der Waals surface area contributed by atoms with Crippen LogP contribution in [0.15, 0.2) is 24.3 Å². The fraction of sp³-hybridized carbons (Fsp3) is 0.588. The Labute approximate surface area is 127 Å². The monoisotopic (exact) mass is 289 g/mol. The van der Waals surface area contributed by atoms with Crippen molar-refractivity contribution in [1.82, 2.24) is 10.2 Å². The number of likely N-dealkylation sites (tertiary alicyclic amines) is 1. The number of carbonyl (C=O) groups is 1. The van der Waals surface area contributed by atoms with Gasteiger partial charge in [0.2, 0.25) is 0 Å². The number of hydrogen-bond acceptors (Lipinski definition) is 3. The van der Waals surface area contributed by atoms with Gasteiger partial charge in [-0.05, 0) is 76.5 Å². The maximum absolute atomic E-state index is 12.1. The van der Waals surface area contributed by atoms with Gasteiger partial charge < -0.3 is 15.5 Å². The smallest absolute Gasteiger partial charge is 0.251 e. The van der Waals surface area contributed by atoms with Crippen LogP contribution in [-0.4, -0.2) is 44.0 Å². The van der Waals surface area contributed by atoms with Crippen molar-refractivity contribution in [3.8, 4) is 0 Å². The topological polar surface area (TPSA) is 44.4 Å². The maximum Gasteiger partial charge on any atom is 0.251 e. The fourth-order valence-electron chi connectivity index (χ4n) is 2.79. The Kier molecular flexibility index (Phi) is 6.05. The molecule has 1 saturated heterocycles. The average molecular weight is 289 g/mol. The van der Waals surface area contributed by atoms with Gasteiger partial charge in [0, 0.05) is 24.3 Å². The molecule has 0 radical (unpaired) electrons. The van der Waals surface area contributed by atoms with Crippen LogP contribution in [0.1, 0.15) is 36.5 Å². The van der Waals surface area contributed by atoms with E-state index in [0.29, 0.717) is 0 Å². The molecule has 116 valence electrons. The molecule has 0 spiro atoms. The third-order valence-electron chi connectivity index (χ3n) is 4.20. The predicted molar refractivity (Wildman–Crippen MR) is 87.8 cm³/mol. The summed E-state index contributed by atoms with van der Waals surface area (Å²) in [5, 5.41) is 6.26. The van der Waals surface area contributed by atoms with Gasteiger partial charge in [0.25, 0.3) is 5.91 Å². The molecule has 1 fully saturated rings. The molecule has 4 nitrogen and oxygen atoms in total. The second kappa shape index (κ2) is 8.03. The van der Waals surface area contributed by atoms with E-state index in [4.69, 9.17) is 0 Å². The molecule has 4 heteroatoms. The molecule has 1 aromatic carbocycles. The Balaban J connectivity index is 1.71. The SMILES string of the molecule is CCNc1ccc(C(=O)NCCC2CCN(C)CC2)cc1. The highest BCUT2D eigenvalue weighted by Crippen LogP contribution is 2.18. The summed E-state index contributed by atoms with van der Waals surface area (Å²) in [7, 11) is 2.18. The third-order valence-corrected chi connectivity index (χ3v) is 4.20. The number of anilines is 1. The van der Waals surface area contributed by atoms with Gasteiger partial charge in [-0.1, -0.05) is 0 Å². The molecule has 0 aromatic heterocycles. The molecule has 21 heavy (non-hydrogen) atoms. The molecule has 1 aliphatic rings. The minimum atomic E-state index is 0.0333. The van der Waals surface area contributed by atoms with E-state index >= 15 is 0 Å². The summed E-state index contributed by atoms with van der Waals surface area (Å²) in [6.45, 7) is 6.10. The molecule has 0 bridgehead atoms. The zero-order valence-corrected chi connectivity index (χ0v) is 13.2. The molecule has 2 rings (SSSR count). The molecule has 2 N–H and O–H groups in total. The first-order chi connectivity index (χ1) is 10.2. The van der Waals surface area contributed by atoms with Crippen LogP contribution in [0.4, 0.5) is 5.69 Å². The first kappa shape index (κ1) is 15.8. The summed E-state index contributed by atoms with van der Waals surface area (Å²) < 4.78 is 0. The number of benzene rings is 1. The van der Waals surface area contributed by atoms with Gasteiger partial charge in [-0.3, -0.25) is 4.79 Å². The summed E-state index contributed by atoms with van der Waals surface area (Å²) in [5.74, 6) is 0.795. The van der Waals surface area contributed by atoms with Crippen molar-refractivity contribution in [2.75, 3.05) is 38.5 Å². The zero-order chi connectivity index (χ0) is 15.1. The van der Waals surface area contributed by atoms with Crippen molar-refractivity contribution in [3.63, 3.8) is 0 Å². The van der Waals surface area contributed by atoms with Gasteiger partial charge in [-0.15, -0.1) is 0 Å². The third kappa shape index (κ3) is 5.05. The van der Waals surface area contributed by atoms with Crippen LogP contribution in [0, 0.1) is 5.92 Å². The van der Waals surface area contributed by atoms with Crippen molar-refractivity contribution in [3.05, 3.63) is 29.8 Å². The maximum atomic E-state index is 12.1. The van der Waals surface area contributed by atoms with Gasteiger partial charge >= 0.3 is 0 Å². The number of carbonyl (C=O) groups excluding carboxylic acids is 1. The van der Waals surface area contributed by atoms with Crippen molar-refractivity contribution >= 4 is 11.6 Å². The Morgan fingerprint density at radius 1 is 1.24 bits per heavy atom. The molecule has 0 unspecified atom stereocenters. The van der Waals surface area contributed by atoms with Crippen molar-refractivity contribution in [1.29, 1.82) is 0 Å². The second-order valence-electron chi connectivity index (χ2n) is 5.90. The van der Waals surface area contributed by atoms with E-state index in [2.05, 4.69) is 29.5 Å². The van der Waals surface area contributed by atoms with E-state index in [1.807, 2.05) is 24.3 Å². The fourth-order valence-corrected chi connectivity index (χ4v) is 2.79. The quantitative estimate of drug-likeness (QED) is 0.846. The second-order valence-corrected chi connectivity index (χ2v) is 5.90. The standard InChI is InChI=1S/C17H27N3O/c1-3-18-16-6-4-15(5-7-16)17(21)19-11-8-14-9-12-20(2)13-10-14/h4-7,14,18H,3,8-13H2,1-2H3,(H,19,21). The van der Waals surface area contributed by atoms with Crippen LogP contribution in [0.5, 0.6) is 0 Å². The summed E-state index contributed by atoms with van der Waals surface area (Å²) in [6.07, 6.45) is 3.60. The van der Waals surface area contributed by atoms with Gasteiger partial charge in [0.05, 0.1) is 0 Å². The lowest BCUT2D eigenvalue weighted by atomic mass is 9.94. The normalized spacial score (nSPS) is 16.7. The van der Waals surface area contributed by atoms with E-state index in [-0.39, 0.29) is 5.91 Å². The molecule has 0 saturated carbocycles. The van der Waals surface area contributed by atoms with E-state index in [0.717, 1.165) is 36.7 Å². The minimum absolute atomic E-state index is 0.0333. The van der Waals surface area contributed by atoms with Gasteiger partial charge in [-0.2, -0.15) is 0 Å². The first-order valence-electron chi connectivity index (χ1n) is 7.99. The average Bonchev–Trinajstić information content (AvgIpc) is 2.50. The molecule has 1 heterocycles. The van der Waals surface area contributed by atoms with Gasteiger partial charge in [0.15, 0.2) is 0 Å². The summed E-state index contributed by atoms with van der Waals surface area (Å²) in [5.41, 5.74) is 1.79. The summed E-state index contributed by atoms with van der Waals surface area (Å²) >= 11 is 0. The first-order valence-corrected chi connectivity index (χ1v) is 7.99. The number of nitrogens with one attached hydrogen (secondary N) is 2. The number of hydrogen-bond donors (Lipinski definition) is 2. The van der Waals surface area contributed by atoms with E-state index in [1.165, 1.54) is 25.9 Å². The molecular formula is C17H27N3O. The Morgan fingerprint density at radius 2 is 1.90 bits per heavy atom. The van der Waals surface area contributed by atoms with E-state index in [1.54, 1.807) is 0 Å². The summed E-state index contributed by atoms with van der Waals surface area (Å²) in [6, 6.07) is 7.66. The lowest BCUT2D eigenvalue weighted by Crippen LogP contribution is -2.32. The molecule has 1 aromatic rings. The lowest BCUT2D eigenvalue weighted by molar-refractivity contribution is 0.0949. The van der Waals surface area contributed by atoms with Gasteiger partial charge in [-0.25, -0.2) is 0 Å². The Hall–Kier alpha value is -1.55. The lowest BCUT2D eigenvalue weighted by Gasteiger charge is -2.28. The molecule has 0 aliphatic carbocycles. The zero-order valence-electron chi connectivity index (χ0n) is 13.2. The molecule has 0 atom stereocenters. The Bertz CT molecular complexity index is 436. The van der Waals surface area contributed by atoms with Crippen LogP contribution >= 0.6 is 0 Å². The van der Waals surface area contributed by atoms with Crippen LogP contribution in [-0.2, 0) is 0 Å². The minimum Gasteiger partial charge on any atom is -0.385 e. The Morgan fingerprint density at radius 3 is 2.52 bits per heavy atom. The van der Waals surface area contributed by atoms with Crippen molar-refractivity contribution < 1.29 is 4.79 Å². The van der Waals surface area contributed by atoms with Gasteiger partial charge in [0.1, 0.15) is 0 Å². The van der Waals surface area contributed by atoms with E-state index < -0.39 is 0 Å². The number of nitrogens with zero attached hydrogens (tertiary/aromatic N) is 1.